The molecule has 0 bridgehead atoms. The summed E-state index contributed by atoms with van der Waals surface area (Å²) >= 11 is 0. The molecule has 0 radical (unpaired) electrons. The molecule has 1 aliphatic heterocycles. The van der Waals surface area contributed by atoms with Crippen molar-refractivity contribution >= 4 is 29.2 Å². The number of nitrogens with zero attached hydrogens (tertiary/aromatic N) is 4. The number of primary amides is 1. The molecule has 0 spiro atoms. The number of anilines is 2. The summed E-state index contributed by atoms with van der Waals surface area (Å²) in [7, 11) is 8.11. The Bertz CT molecular complexity index is 1010. The largest absolute Gasteiger partial charge is 0.378 e. The van der Waals surface area contributed by atoms with Crippen LogP contribution in [0.25, 0.3) is 6.08 Å². The molecule has 2 N–H and O–H groups in total. The Morgan fingerprint density at radius 3 is 2.13 bits per heavy atom. The van der Waals surface area contributed by atoms with Gasteiger partial charge < -0.3 is 15.5 Å². The number of rotatable bonds is 4. The van der Waals surface area contributed by atoms with Gasteiger partial charge in [0.15, 0.2) is 0 Å². The maximum absolute atomic E-state index is 12.3. The van der Waals surface area contributed by atoms with Gasteiger partial charge in [0.1, 0.15) is 0 Å². The zero-order valence-electron chi connectivity index (χ0n) is 18.7. The molecule has 6 heteroatoms. The molecule has 31 heavy (non-hydrogen) atoms. The van der Waals surface area contributed by atoms with Crippen molar-refractivity contribution in [2.45, 2.75) is 25.3 Å². The summed E-state index contributed by atoms with van der Waals surface area (Å²) in [6, 6.07) is 16.2. The summed E-state index contributed by atoms with van der Waals surface area (Å²) in [6.07, 6.45) is 5.24. The number of hydrogen-bond donors (Lipinski definition) is 1. The molecule has 162 valence electrons. The molecule has 1 heterocycles. The fourth-order valence-electron chi connectivity index (χ4n) is 4.56. The number of carbonyl (C=O) groups excluding carboxylic acids is 1. The minimum atomic E-state index is -0.502. The van der Waals surface area contributed by atoms with Crippen molar-refractivity contribution in [3.63, 3.8) is 0 Å². The number of hydrazone groups is 1. The highest BCUT2D eigenvalue weighted by Gasteiger charge is 2.43. The zero-order valence-corrected chi connectivity index (χ0v) is 18.7. The van der Waals surface area contributed by atoms with Crippen LogP contribution in [0.1, 0.15) is 36.4 Å². The quantitative estimate of drug-likeness (QED) is 0.797. The Labute approximate surface area is 184 Å². The van der Waals surface area contributed by atoms with E-state index >= 15 is 0 Å². The van der Waals surface area contributed by atoms with Gasteiger partial charge in [-0.15, -0.1) is 0 Å². The monoisotopic (exact) mass is 417 g/mol. The molecule has 2 aromatic rings. The highest BCUT2D eigenvalue weighted by atomic mass is 16.2. The number of carbonyl (C=O) groups is 1. The van der Waals surface area contributed by atoms with Gasteiger partial charge in [-0.2, -0.15) is 5.10 Å². The normalized spacial score (nSPS) is 21.6. The van der Waals surface area contributed by atoms with Gasteiger partial charge in [-0.25, -0.2) is 9.80 Å². The summed E-state index contributed by atoms with van der Waals surface area (Å²) in [5, 5.41) is 6.22. The van der Waals surface area contributed by atoms with E-state index in [1.54, 1.807) is 0 Å². The number of urea groups is 1. The minimum absolute atomic E-state index is 0.150. The van der Waals surface area contributed by atoms with Gasteiger partial charge in [0.2, 0.25) is 0 Å². The number of hydrogen-bond acceptors (Lipinski definition) is 4. The van der Waals surface area contributed by atoms with Crippen molar-refractivity contribution in [2.24, 2.45) is 16.8 Å². The summed E-state index contributed by atoms with van der Waals surface area (Å²) in [4.78, 5) is 16.4. The van der Waals surface area contributed by atoms with Crippen LogP contribution in [-0.4, -0.2) is 44.9 Å². The summed E-state index contributed by atoms with van der Waals surface area (Å²) in [6.45, 7) is 0. The van der Waals surface area contributed by atoms with Gasteiger partial charge in [-0.3, -0.25) is 0 Å². The van der Waals surface area contributed by atoms with Crippen molar-refractivity contribution in [1.82, 2.24) is 5.01 Å². The molecular formula is C25H31N5O. The topological polar surface area (TPSA) is 65.2 Å². The first-order chi connectivity index (χ1) is 14.8. The predicted octanol–water partition coefficient (Wildman–Crippen LogP) is 4.49. The molecule has 2 aromatic carbocycles. The first-order valence-corrected chi connectivity index (χ1v) is 10.8. The number of allylic oxidation sites excluding steroid dienone is 1. The van der Waals surface area contributed by atoms with E-state index in [0.29, 0.717) is 0 Å². The minimum Gasteiger partial charge on any atom is -0.378 e. The van der Waals surface area contributed by atoms with Gasteiger partial charge >= 0.3 is 6.03 Å². The number of nitrogens with two attached hydrogens (primary N) is 1. The van der Waals surface area contributed by atoms with E-state index in [9.17, 15) is 4.79 Å². The fraction of sp³-hybridized carbons (Fsp3) is 0.360. The molecule has 2 amide bonds. The lowest BCUT2D eigenvalue weighted by Gasteiger charge is -2.29. The molecule has 0 saturated heterocycles. The van der Waals surface area contributed by atoms with Crippen LogP contribution in [0.3, 0.4) is 0 Å². The Kier molecular flexibility index (Phi) is 5.72. The van der Waals surface area contributed by atoms with Crippen LogP contribution in [0.4, 0.5) is 16.2 Å². The lowest BCUT2D eigenvalue weighted by atomic mass is 9.77. The first-order valence-electron chi connectivity index (χ1n) is 10.8. The van der Waals surface area contributed by atoms with Crippen LogP contribution in [0.5, 0.6) is 0 Å². The predicted molar refractivity (Wildman–Crippen MR) is 128 cm³/mol. The van der Waals surface area contributed by atoms with Crippen LogP contribution in [0, 0.1) is 5.92 Å². The summed E-state index contributed by atoms with van der Waals surface area (Å²) < 4.78 is 0. The Hall–Kier alpha value is -3.28. The smallest absolute Gasteiger partial charge is 0.335 e. The van der Waals surface area contributed by atoms with Crippen molar-refractivity contribution in [3.05, 3.63) is 65.2 Å². The third-order valence-electron chi connectivity index (χ3n) is 6.23. The van der Waals surface area contributed by atoms with E-state index in [-0.39, 0.29) is 12.0 Å². The average molecular weight is 418 g/mol. The van der Waals surface area contributed by atoms with Crippen molar-refractivity contribution in [3.8, 4) is 0 Å². The molecule has 1 fully saturated rings. The van der Waals surface area contributed by atoms with Gasteiger partial charge in [0.25, 0.3) is 0 Å². The Balaban J connectivity index is 1.66. The molecule has 6 nitrogen and oxygen atoms in total. The van der Waals surface area contributed by atoms with Crippen molar-refractivity contribution in [1.29, 1.82) is 0 Å². The lowest BCUT2D eigenvalue weighted by molar-refractivity contribution is 0.184. The second-order valence-electron chi connectivity index (χ2n) is 8.75. The van der Waals surface area contributed by atoms with Gasteiger partial charge in [-0.1, -0.05) is 24.3 Å². The van der Waals surface area contributed by atoms with Crippen LogP contribution in [0.2, 0.25) is 0 Å². The van der Waals surface area contributed by atoms with E-state index in [1.807, 2.05) is 28.2 Å². The van der Waals surface area contributed by atoms with Crippen LogP contribution >= 0.6 is 0 Å². The maximum atomic E-state index is 12.3. The highest BCUT2D eigenvalue weighted by molar-refractivity contribution is 6.08. The molecule has 4 rings (SSSR count). The van der Waals surface area contributed by atoms with E-state index in [0.717, 1.165) is 41.8 Å². The zero-order chi connectivity index (χ0) is 22.1. The molecule has 1 aliphatic carbocycles. The summed E-state index contributed by atoms with van der Waals surface area (Å²) in [5.74, 6) is 0.166. The molecule has 2 atom stereocenters. The van der Waals surface area contributed by atoms with Gasteiger partial charge in [-0.05, 0) is 66.3 Å². The van der Waals surface area contributed by atoms with Crippen LogP contribution < -0.4 is 15.5 Å². The van der Waals surface area contributed by atoms with Gasteiger partial charge in [0.05, 0.1) is 11.8 Å². The van der Waals surface area contributed by atoms with Crippen LogP contribution in [0.15, 0.2) is 59.2 Å². The Morgan fingerprint density at radius 1 is 1.00 bits per heavy atom. The van der Waals surface area contributed by atoms with Crippen molar-refractivity contribution in [2.75, 3.05) is 38.0 Å². The van der Waals surface area contributed by atoms with E-state index in [2.05, 4.69) is 64.4 Å². The molecule has 2 aliphatic rings. The standard InChI is InChI=1S/C25H31N5O/c1-28(2)20-12-8-17(9-13-20)16-19-6-5-7-22-23(19)27-30(25(26)31)24(22)18-10-14-21(15-11-18)29(3)4/h8-16,22,24H,5-7H2,1-4H3,(H2,26,31)/b19-16+/t22-,24+/m0/s1. The van der Waals surface area contributed by atoms with Gasteiger partial charge in [0, 0.05) is 45.5 Å². The average Bonchev–Trinajstić information content (AvgIpc) is 3.15. The third-order valence-corrected chi connectivity index (χ3v) is 6.23. The molecule has 1 saturated carbocycles. The highest BCUT2D eigenvalue weighted by Crippen LogP contribution is 2.44. The van der Waals surface area contributed by atoms with E-state index in [1.165, 1.54) is 16.3 Å². The third kappa shape index (κ3) is 4.15. The lowest BCUT2D eigenvalue weighted by Crippen LogP contribution is -2.35. The van der Waals surface area contributed by atoms with Crippen LogP contribution in [-0.2, 0) is 0 Å². The number of benzene rings is 2. The summed E-state index contributed by atoms with van der Waals surface area (Å²) in [5.41, 5.74) is 12.5. The van der Waals surface area contributed by atoms with E-state index in [4.69, 9.17) is 10.8 Å². The fourth-order valence-corrected chi connectivity index (χ4v) is 4.56. The van der Waals surface area contributed by atoms with Crippen molar-refractivity contribution < 1.29 is 4.79 Å². The molecular weight excluding hydrogens is 386 g/mol. The second kappa shape index (κ2) is 8.46. The Morgan fingerprint density at radius 2 is 1.58 bits per heavy atom. The maximum Gasteiger partial charge on any atom is 0.335 e. The first kappa shape index (κ1) is 21.0. The van der Waals surface area contributed by atoms with E-state index < -0.39 is 6.03 Å². The number of amides is 2. The second-order valence-corrected chi connectivity index (χ2v) is 8.75. The SMILES string of the molecule is CN(C)c1ccc(/C=C2\CCC[C@H]3C2=NN(C(N)=O)[C@@H]3c2ccc(N(C)C)cc2)cc1. The molecule has 0 unspecified atom stereocenters. The molecule has 0 aromatic heterocycles. The number of fused-ring (bicyclic) bond motifs is 1.